The molecule has 27 heavy (non-hydrogen) atoms. The fourth-order valence-corrected chi connectivity index (χ4v) is 4.57. The maximum Gasteiger partial charge on any atom is 0.340 e. The molecule has 0 aliphatic carbocycles. The number of benzene rings is 1. The summed E-state index contributed by atoms with van der Waals surface area (Å²) in [6.07, 6.45) is 0.742. The summed E-state index contributed by atoms with van der Waals surface area (Å²) in [4.78, 5) is 23.6. The maximum atomic E-state index is 12.8. The number of carbonyl (C=O) groups excluding carboxylic acids is 2. The lowest BCUT2D eigenvalue weighted by Gasteiger charge is -2.26. The van der Waals surface area contributed by atoms with Crippen LogP contribution in [-0.4, -0.2) is 64.1 Å². The topological polar surface area (TPSA) is 102 Å². The van der Waals surface area contributed by atoms with E-state index < -0.39 is 28.5 Å². The fraction of sp³-hybridized carbons (Fsp3) is 0.500. The summed E-state index contributed by atoms with van der Waals surface area (Å²) in [5, 5.41) is 2.38. The summed E-state index contributed by atoms with van der Waals surface area (Å²) in [6.45, 7) is 2.75. The Balaban J connectivity index is 2.22. The molecule has 1 N–H and O–H groups in total. The van der Waals surface area contributed by atoms with E-state index in [1.807, 2.05) is 6.92 Å². The molecular formula is C16H20Cl2N2O6S. The number of ether oxygens (including phenoxy) is 2. The standard InChI is InChI=1S/C16H20Cl2N2O6S/c1-2-3-19-15(21)10-26-16(22)11-8-14(13(18)9-12(11)17)27(23,24)20-4-6-25-7-5-20/h8-9H,2-7,10H2,1H3,(H,19,21). The SMILES string of the molecule is CCCNC(=O)COC(=O)c1cc(S(=O)(=O)N2CCOCC2)c(Cl)cc1Cl. The first-order chi connectivity index (χ1) is 12.8. The summed E-state index contributed by atoms with van der Waals surface area (Å²) in [5.74, 6) is -1.38. The molecule has 1 aliphatic heterocycles. The molecule has 1 aliphatic rings. The molecule has 0 aromatic heterocycles. The van der Waals surface area contributed by atoms with Gasteiger partial charge in [-0.3, -0.25) is 4.79 Å². The molecule has 0 bridgehead atoms. The van der Waals surface area contributed by atoms with Crippen LogP contribution in [0.5, 0.6) is 0 Å². The summed E-state index contributed by atoms with van der Waals surface area (Å²) >= 11 is 12.1. The van der Waals surface area contributed by atoms with Gasteiger partial charge in [0.05, 0.1) is 28.8 Å². The van der Waals surface area contributed by atoms with Crippen molar-refractivity contribution in [3.8, 4) is 0 Å². The number of carbonyl (C=O) groups is 2. The predicted molar refractivity (Wildman–Crippen MR) is 99.6 cm³/mol. The van der Waals surface area contributed by atoms with E-state index in [1.54, 1.807) is 0 Å². The Hall–Kier alpha value is -1.39. The highest BCUT2D eigenvalue weighted by atomic mass is 35.5. The van der Waals surface area contributed by atoms with Gasteiger partial charge < -0.3 is 14.8 Å². The molecule has 0 unspecified atom stereocenters. The molecule has 2 rings (SSSR count). The number of sulfonamides is 1. The quantitative estimate of drug-likeness (QED) is 0.649. The minimum Gasteiger partial charge on any atom is -0.452 e. The molecule has 0 atom stereocenters. The summed E-state index contributed by atoms with van der Waals surface area (Å²) in [5.41, 5.74) is -0.184. The van der Waals surface area contributed by atoms with Crippen LogP contribution in [0.4, 0.5) is 0 Å². The van der Waals surface area contributed by atoms with Crippen molar-refractivity contribution < 1.29 is 27.5 Å². The van der Waals surface area contributed by atoms with Gasteiger partial charge in [0.25, 0.3) is 5.91 Å². The lowest BCUT2D eigenvalue weighted by molar-refractivity contribution is -0.124. The average Bonchev–Trinajstić information content (AvgIpc) is 2.65. The highest BCUT2D eigenvalue weighted by molar-refractivity contribution is 7.89. The van der Waals surface area contributed by atoms with Crippen molar-refractivity contribution in [1.29, 1.82) is 0 Å². The van der Waals surface area contributed by atoms with Crippen LogP contribution in [0, 0.1) is 0 Å². The molecule has 1 amide bonds. The average molecular weight is 439 g/mol. The largest absolute Gasteiger partial charge is 0.452 e. The molecule has 1 fully saturated rings. The Morgan fingerprint density at radius 1 is 1.22 bits per heavy atom. The summed E-state index contributed by atoms with van der Waals surface area (Å²) in [7, 11) is -3.93. The van der Waals surface area contributed by atoms with Crippen LogP contribution in [0.3, 0.4) is 0 Å². The van der Waals surface area contributed by atoms with Gasteiger partial charge in [0.2, 0.25) is 10.0 Å². The van der Waals surface area contributed by atoms with Crippen LogP contribution < -0.4 is 5.32 Å². The number of halogens is 2. The van der Waals surface area contributed by atoms with Gasteiger partial charge in [-0.1, -0.05) is 30.1 Å². The Kier molecular flexibility index (Phi) is 7.87. The van der Waals surface area contributed by atoms with Gasteiger partial charge in [0.1, 0.15) is 4.90 Å². The van der Waals surface area contributed by atoms with E-state index in [1.165, 1.54) is 10.4 Å². The van der Waals surface area contributed by atoms with E-state index >= 15 is 0 Å². The number of rotatable bonds is 7. The van der Waals surface area contributed by atoms with E-state index in [2.05, 4.69) is 5.32 Å². The number of hydrogen-bond acceptors (Lipinski definition) is 6. The third kappa shape index (κ3) is 5.55. The smallest absolute Gasteiger partial charge is 0.340 e. The number of hydrogen-bond donors (Lipinski definition) is 1. The first kappa shape index (κ1) is 21.9. The summed E-state index contributed by atoms with van der Waals surface area (Å²) < 4.78 is 36.9. The van der Waals surface area contributed by atoms with Crippen molar-refractivity contribution in [2.75, 3.05) is 39.5 Å². The van der Waals surface area contributed by atoms with Crippen LogP contribution in [0.2, 0.25) is 10.0 Å². The van der Waals surface area contributed by atoms with Crippen molar-refractivity contribution in [1.82, 2.24) is 9.62 Å². The van der Waals surface area contributed by atoms with E-state index in [9.17, 15) is 18.0 Å². The molecule has 8 nitrogen and oxygen atoms in total. The minimum atomic E-state index is -3.93. The number of nitrogens with zero attached hydrogens (tertiary/aromatic N) is 1. The minimum absolute atomic E-state index is 0.0695. The molecule has 1 saturated heterocycles. The zero-order valence-corrected chi connectivity index (χ0v) is 17.0. The van der Waals surface area contributed by atoms with Gasteiger partial charge in [-0.25, -0.2) is 13.2 Å². The Labute approximate surface area is 167 Å². The van der Waals surface area contributed by atoms with E-state index in [0.29, 0.717) is 6.54 Å². The van der Waals surface area contributed by atoms with Crippen LogP contribution in [-0.2, 0) is 24.3 Å². The Morgan fingerprint density at radius 2 is 1.89 bits per heavy atom. The molecular weight excluding hydrogens is 419 g/mol. The van der Waals surface area contributed by atoms with E-state index in [-0.39, 0.29) is 46.8 Å². The second kappa shape index (κ2) is 9.70. The molecule has 1 aromatic carbocycles. The van der Waals surface area contributed by atoms with Gasteiger partial charge in [0.15, 0.2) is 6.61 Å². The zero-order chi connectivity index (χ0) is 20.0. The lowest BCUT2D eigenvalue weighted by atomic mass is 10.2. The van der Waals surface area contributed by atoms with Gasteiger partial charge in [-0.05, 0) is 18.6 Å². The zero-order valence-electron chi connectivity index (χ0n) is 14.7. The van der Waals surface area contributed by atoms with E-state index in [0.717, 1.165) is 12.5 Å². The monoisotopic (exact) mass is 438 g/mol. The van der Waals surface area contributed by atoms with Gasteiger partial charge in [-0.2, -0.15) is 4.31 Å². The number of morpholine rings is 1. The Bertz CT molecular complexity index is 809. The van der Waals surface area contributed by atoms with Crippen LogP contribution in [0.25, 0.3) is 0 Å². The van der Waals surface area contributed by atoms with E-state index in [4.69, 9.17) is 32.7 Å². The fourth-order valence-electron chi connectivity index (χ4n) is 2.33. The first-order valence-corrected chi connectivity index (χ1v) is 10.5. The molecule has 1 heterocycles. The molecule has 150 valence electrons. The Morgan fingerprint density at radius 3 is 2.52 bits per heavy atom. The number of amides is 1. The van der Waals surface area contributed by atoms with Crippen molar-refractivity contribution in [2.24, 2.45) is 0 Å². The van der Waals surface area contributed by atoms with Crippen molar-refractivity contribution in [3.05, 3.63) is 27.7 Å². The molecule has 1 aromatic rings. The van der Waals surface area contributed by atoms with Crippen LogP contribution in [0.15, 0.2) is 17.0 Å². The highest BCUT2D eigenvalue weighted by Crippen LogP contribution is 2.31. The van der Waals surface area contributed by atoms with Gasteiger partial charge in [-0.15, -0.1) is 0 Å². The number of nitrogens with one attached hydrogen (secondary N) is 1. The third-order valence-corrected chi connectivity index (χ3v) is 6.41. The van der Waals surface area contributed by atoms with Gasteiger partial charge in [0, 0.05) is 19.6 Å². The molecule has 0 radical (unpaired) electrons. The summed E-state index contributed by atoms with van der Waals surface area (Å²) in [6, 6.07) is 2.24. The third-order valence-electron chi connectivity index (χ3n) is 3.74. The molecule has 0 saturated carbocycles. The van der Waals surface area contributed by atoms with Crippen LogP contribution >= 0.6 is 23.2 Å². The normalized spacial score (nSPS) is 15.4. The molecule has 11 heteroatoms. The van der Waals surface area contributed by atoms with Gasteiger partial charge >= 0.3 is 5.97 Å². The van der Waals surface area contributed by atoms with Crippen molar-refractivity contribution in [3.63, 3.8) is 0 Å². The van der Waals surface area contributed by atoms with Crippen LogP contribution in [0.1, 0.15) is 23.7 Å². The van der Waals surface area contributed by atoms with Crippen molar-refractivity contribution in [2.45, 2.75) is 18.2 Å². The first-order valence-electron chi connectivity index (χ1n) is 8.28. The maximum absolute atomic E-state index is 12.8. The second-order valence-electron chi connectivity index (χ2n) is 5.71. The molecule has 0 spiro atoms. The van der Waals surface area contributed by atoms with Crippen molar-refractivity contribution >= 4 is 45.1 Å². The highest BCUT2D eigenvalue weighted by Gasteiger charge is 2.30. The lowest BCUT2D eigenvalue weighted by Crippen LogP contribution is -2.40. The number of esters is 1. The predicted octanol–water partition coefficient (Wildman–Crippen LogP) is 1.70. The second-order valence-corrected chi connectivity index (χ2v) is 8.43.